The van der Waals surface area contributed by atoms with Gasteiger partial charge in [-0.1, -0.05) is 60.7 Å². The second-order valence-electron chi connectivity index (χ2n) is 7.48. The number of benzene rings is 2. The van der Waals surface area contributed by atoms with Crippen LogP contribution in [0.1, 0.15) is 21.1 Å². The topological polar surface area (TPSA) is 25.8 Å². The van der Waals surface area contributed by atoms with Crippen LogP contribution in [0.4, 0.5) is 0 Å². The van der Waals surface area contributed by atoms with Crippen LogP contribution in [0.15, 0.2) is 108 Å². The number of hydrogen-bond acceptors (Lipinski definition) is 4. The van der Waals surface area contributed by atoms with Gasteiger partial charge in [-0.15, -0.1) is 22.7 Å². The zero-order valence-corrected chi connectivity index (χ0v) is 18.7. The predicted molar refractivity (Wildman–Crippen MR) is 137 cm³/mol. The maximum absolute atomic E-state index is 5.08. The van der Waals surface area contributed by atoms with Crippen molar-refractivity contribution in [3.63, 3.8) is 0 Å². The highest BCUT2D eigenvalue weighted by atomic mass is 32.1. The zero-order chi connectivity index (χ0) is 21.3. The van der Waals surface area contributed by atoms with Gasteiger partial charge in [0.1, 0.15) is 0 Å². The van der Waals surface area contributed by atoms with Crippen molar-refractivity contribution in [2.45, 2.75) is 0 Å². The summed E-state index contributed by atoms with van der Waals surface area (Å²) in [5.74, 6) is 0. The van der Waals surface area contributed by atoms with E-state index in [0.717, 1.165) is 38.8 Å². The van der Waals surface area contributed by atoms with Crippen LogP contribution in [0.25, 0.3) is 33.0 Å². The molecule has 0 aliphatic carbocycles. The van der Waals surface area contributed by atoms with Gasteiger partial charge in [-0.2, -0.15) is 0 Å². The monoisotopic (exact) mass is 446 g/mol. The lowest BCUT2D eigenvalue weighted by atomic mass is 9.96. The Bertz CT molecular complexity index is 1440. The molecule has 2 nitrogen and oxygen atoms in total. The van der Waals surface area contributed by atoms with Crippen LogP contribution >= 0.6 is 22.7 Å². The fraction of sp³-hybridized carbons (Fsp3) is 0. The molecule has 0 atom stereocenters. The molecule has 0 saturated carbocycles. The van der Waals surface area contributed by atoms with Crippen LogP contribution in [0, 0.1) is 0 Å². The van der Waals surface area contributed by atoms with E-state index in [1.54, 1.807) is 22.7 Å². The molecule has 0 saturated heterocycles. The highest BCUT2D eigenvalue weighted by Gasteiger charge is 2.20. The number of rotatable bonds is 4. The molecule has 2 aromatic carbocycles. The fourth-order valence-electron chi connectivity index (χ4n) is 4.01. The van der Waals surface area contributed by atoms with Gasteiger partial charge in [-0.05, 0) is 47.2 Å². The van der Waals surface area contributed by atoms with E-state index in [4.69, 9.17) is 9.97 Å². The number of para-hydroxylation sites is 2. The number of pyridine rings is 2. The molecular weight excluding hydrogens is 428 g/mol. The van der Waals surface area contributed by atoms with E-state index >= 15 is 0 Å². The third-order valence-electron chi connectivity index (χ3n) is 5.49. The molecule has 4 heteroatoms. The van der Waals surface area contributed by atoms with Crippen LogP contribution < -0.4 is 0 Å². The van der Waals surface area contributed by atoms with E-state index in [1.165, 1.54) is 15.3 Å². The maximum atomic E-state index is 5.08. The number of nitrogens with zero attached hydrogens (tertiary/aromatic N) is 2. The standard InChI is InChI=1S/C28H18N2S2/c1-3-9-21-19(7-1)13-15-23(29-21)27(24-16-14-20-8-2-4-10-22(20)30-24)28(25-11-5-17-31-25)26-12-6-18-32-26/h1-18H. The summed E-state index contributed by atoms with van der Waals surface area (Å²) in [6, 6.07) is 33.6. The number of thiophene rings is 2. The van der Waals surface area contributed by atoms with E-state index in [0.29, 0.717) is 0 Å². The van der Waals surface area contributed by atoms with Crippen LogP contribution in [0.2, 0.25) is 0 Å². The van der Waals surface area contributed by atoms with Crippen molar-refractivity contribution in [1.29, 1.82) is 0 Å². The van der Waals surface area contributed by atoms with E-state index in [2.05, 4.69) is 83.6 Å². The fourth-order valence-corrected chi connectivity index (χ4v) is 5.65. The Morgan fingerprint density at radius 2 is 0.969 bits per heavy atom. The van der Waals surface area contributed by atoms with Crippen molar-refractivity contribution < 1.29 is 0 Å². The Labute approximate surface area is 194 Å². The second kappa shape index (κ2) is 8.15. The molecule has 0 fully saturated rings. The molecule has 4 aromatic heterocycles. The van der Waals surface area contributed by atoms with Crippen LogP contribution in [-0.4, -0.2) is 9.97 Å². The number of fused-ring (bicyclic) bond motifs is 2. The summed E-state index contributed by atoms with van der Waals surface area (Å²) in [6.07, 6.45) is 0. The minimum absolute atomic E-state index is 0.934. The number of aromatic nitrogens is 2. The molecule has 0 aliphatic rings. The second-order valence-corrected chi connectivity index (χ2v) is 9.38. The molecule has 6 rings (SSSR count). The number of hydrogen-bond donors (Lipinski definition) is 0. The lowest BCUT2D eigenvalue weighted by molar-refractivity contribution is 1.29. The maximum Gasteiger partial charge on any atom is 0.0738 e. The average molecular weight is 447 g/mol. The summed E-state index contributed by atoms with van der Waals surface area (Å²) in [6.45, 7) is 0. The van der Waals surface area contributed by atoms with Gasteiger partial charge >= 0.3 is 0 Å². The first-order valence-corrected chi connectivity index (χ1v) is 12.2. The van der Waals surface area contributed by atoms with Gasteiger partial charge in [0.05, 0.1) is 22.4 Å². The summed E-state index contributed by atoms with van der Waals surface area (Å²) in [5, 5.41) is 6.52. The minimum Gasteiger partial charge on any atom is -0.248 e. The first-order valence-electron chi connectivity index (χ1n) is 10.4. The lowest BCUT2D eigenvalue weighted by Gasteiger charge is -2.15. The van der Waals surface area contributed by atoms with Crippen molar-refractivity contribution in [3.8, 4) is 0 Å². The predicted octanol–water partition coefficient (Wildman–Crippen LogP) is 7.91. The normalized spacial score (nSPS) is 11.1. The van der Waals surface area contributed by atoms with Gasteiger partial charge in [-0.25, -0.2) is 9.97 Å². The molecule has 32 heavy (non-hydrogen) atoms. The Morgan fingerprint density at radius 1 is 0.469 bits per heavy atom. The van der Waals surface area contributed by atoms with Crippen molar-refractivity contribution >= 4 is 55.6 Å². The van der Waals surface area contributed by atoms with Crippen LogP contribution in [-0.2, 0) is 0 Å². The summed E-state index contributed by atoms with van der Waals surface area (Å²) in [4.78, 5) is 12.6. The molecule has 0 radical (unpaired) electrons. The van der Waals surface area contributed by atoms with Gasteiger partial charge in [0.15, 0.2) is 0 Å². The average Bonchev–Trinajstić information content (AvgIpc) is 3.57. The Morgan fingerprint density at radius 3 is 1.44 bits per heavy atom. The molecule has 152 valence electrons. The highest BCUT2D eigenvalue weighted by Crippen LogP contribution is 2.39. The first-order chi connectivity index (χ1) is 15.9. The summed E-state index contributed by atoms with van der Waals surface area (Å²) >= 11 is 3.49. The summed E-state index contributed by atoms with van der Waals surface area (Å²) in [7, 11) is 0. The third-order valence-corrected chi connectivity index (χ3v) is 7.27. The van der Waals surface area contributed by atoms with Crippen molar-refractivity contribution in [1.82, 2.24) is 9.97 Å². The van der Waals surface area contributed by atoms with Crippen LogP contribution in [0.5, 0.6) is 0 Å². The van der Waals surface area contributed by atoms with Crippen molar-refractivity contribution in [3.05, 3.63) is 129 Å². The Balaban J connectivity index is 1.71. The van der Waals surface area contributed by atoms with E-state index in [1.807, 2.05) is 24.3 Å². The molecule has 0 N–H and O–H groups in total. The minimum atomic E-state index is 0.934. The molecule has 0 aliphatic heterocycles. The van der Waals surface area contributed by atoms with E-state index < -0.39 is 0 Å². The van der Waals surface area contributed by atoms with Crippen LogP contribution in [0.3, 0.4) is 0 Å². The van der Waals surface area contributed by atoms with Gasteiger partial charge in [0.2, 0.25) is 0 Å². The van der Waals surface area contributed by atoms with E-state index in [-0.39, 0.29) is 0 Å². The van der Waals surface area contributed by atoms with Gasteiger partial charge in [0, 0.05) is 31.7 Å². The van der Waals surface area contributed by atoms with E-state index in [9.17, 15) is 0 Å². The largest absolute Gasteiger partial charge is 0.248 e. The lowest BCUT2D eigenvalue weighted by Crippen LogP contribution is -2.00. The SMILES string of the molecule is c1csc(C(=C(c2ccc3ccccc3n2)c2ccc3ccccc3n2)c2cccs2)c1. The summed E-state index contributed by atoms with van der Waals surface area (Å²) in [5.41, 5.74) is 6.08. The Kier molecular flexibility index (Phi) is 4.87. The summed E-state index contributed by atoms with van der Waals surface area (Å²) < 4.78 is 0. The van der Waals surface area contributed by atoms with Gasteiger partial charge in [0.25, 0.3) is 0 Å². The molecule has 0 bridgehead atoms. The smallest absolute Gasteiger partial charge is 0.0738 e. The third kappa shape index (κ3) is 3.44. The molecule has 0 spiro atoms. The highest BCUT2D eigenvalue weighted by molar-refractivity contribution is 7.14. The Hall–Kier alpha value is -3.60. The zero-order valence-electron chi connectivity index (χ0n) is 17.1. The van der Waals surface area contributed by atoms with Gasteiger partial charge in [-0.3, -0.25) is 0 Å². The molecule has 6 aromatic rings. The molecular formula is C28H18N2S2. The molecule has 0 unspecified atom stereocenters. The molecule has 0 amide bonds. The van der Waals surface area contributed by atoms with Crippen molar-refractivity contribution in [2.24, 2.45) is 0 Å². The van der Waals surface area contributed by atoms with Gasteiger partial charge < -0.3 is 0 Å². The van der Waals surface area contributed by atoms with Crippen molar-refractivity contribution in [2.75, 3.05) is 0 Å². The quantitative estimate of drug-likeness (QED) is 0.275. The first kappa shape index (κ1) is 19.1. The molecule has 4 heterocycles.